The van der Waals surface area contributed by atoms with Crippen molar-refractivity contribution in [2.75, 3.05) is 13.2 Å². The fraction of sp³-hybridized carbons (Fsp3) is 0.381. The monoisotopic (exact) mass is 341 g/mol. The van der Waals surface area contributed by atoms with Crippen molar-refractivity contribution < 1.29 is 14.3 Å². The van der Waals surface area contributed by atoms with Crippen LogP contribution in [-0.2, 0) is 11.2 Å². The molecule has 0 fully saturated rings. The van der Waals surface area contributed by atoms with E-state index >= 15 is 0 Å². The maximum atomic E-state index is 12.2. The molecular weight excluding hydrogens is 314 g/mol. The minimum Gasteiger partial charge on any atom is -0.491 e. The Morgan fingerprint density at radius 1 is 1.12 bits per heavy atom. The first-order valence-corrected chi connectivity index (χ1v) is 8.73. The Balaban J connectivity index is 1.78. The molecule has 0 unspecified atom stereocenters. The molecular formula is C21H27NO3. The number of rotatable bonds is 8. The maximum absolute atomic E-state index is 12.2. The lowest BCUT2D eigenvalue weighted by molar-refractivity contribution is -0.127. The van der Waals surface area contributed by atoms with Gasteiger partial charge < -0.3 is 14.8 Å². The van der Waals surface area contributed by atoms with E-state index < -0.39 is 6.10 Å². The summed E-state index contributed by atoms with van der Waals surface area (Å²) >= 11 is 0. The fourth-order valence-electron chi connectivity index (χ4n) is 2.50. The highest BCUT2D eigenvalue weighted by Crippen LogP contribution is 2.20. The largest absolute Gasteiger partial charge is 0.491 e. The second-order valence-corrected chi connectivity index (χ2v) is 6.13. The Morgan fingerprint density at radius 2 is 1.88 bits per heavy atom. The average Bonchev–Trinajstić information content (AvgIpc) is 2.61. The van der Waals surface area contributed by atoms with Gasteiger partial charge in [-0.1, -0.05) is 37.3 Å². The summed E-state index contributed by atoms with van der Waals surface area (Å²) in [7, 11) is 0. The molecule has 0 heterocycles. The minimum absolute atomic E-state index is 0.143. The average molecular weight is 341 g/mol. The van der Waals surface area contributed by atoms with Crippen LogP contribution in [0.2, 0.25) is 0 Å². The number of aryl methyl sites for hydroxylation is 3. The summed E-state index contributed by atoms with van der Waals surface area (Å²) in [6.07, 6.45) is 0.321. The first kappa shape index (κ1) is 18.8. The molecule has 2 rings (SSSR count). The Kier molecular flexibility index (Phi) is 6.87. The molecule has 2 aromatic rings. The van der Waals surface area contributed by atoms with Gasteiger partial charge in [0.25, 0.3) is 5.91 Å². The second-order valence-electron chi connectivity index (χ2n) is 6.13. The molecule has 0 bridgehead atoms. The maximum Gasteiger partial charge on any atom is 0.260 e. The predicted molar refractivity (Wildman–Crippen MR) is 100 cm³/mol. The van der Waals surface area contributed by atoms with Gasteiger partial charge in [-0.25, -0.2) is 0 Å². The van der Waals surface area contributed by atoms with Crippen LogP contribution in [-0.4, -0.2) is 25.2 Å². The van der Waals surface area contributed by atoms with Gasteiger partial charge in [0.15, 0.2) is 6.10 Å². The van der Waals surface area contributed by atoms with Gasteiger partial charge in [0.2, 0.25) is 0 Å². The number of ether oxygens (including phenoxy) is 2. The third-order valence-corrected chi connectivity index (χ3v) is 4.03. The van der Waals surface area contributed by atoms with Crippen LogP contribution in [0.5, 0.6) is 11.5 Å². The van der Waals surface area contributed by atoms with Crippen molar-refractivity contribution >= 4 is 5.91 Å². The van der Waals surface area contributed by atoms with E-state index in [1.165, 1.54) is 0 Å². The van der Waals surface area contributed by atoms with Crippen LogP contribution in [0.15, 0.2) is 42.5 Å². The minimum atomic E-state index is -0.548. The molecule has 1 amide bonds. The first-order valence-electron chi connectivity index (χ1n) is 8.73. The SMILES string of the molecule is CCc1ccccc1O[C@@H](C)C(=O)NCCOc1cc(C)ccc1C. The van der Waals surface area contributed by atoms with Crippen LogP contribution in [0.4, 0.5) is 0 Å². The number of amides is 1. The zero-order valence-corrected chi connectivity index (χ0v) is 15.5. The Labute approximate surface area is 150 Å². The number of para-hydroxylation sites is 1. The number of hydrogen-bond acceptors (Lipinski definition) is 3. The molecule has 0 aliphatic rings. The van der Waals surface area contributed by atoms with Crippen LogP contribution in [0.3, 0.4) is 0 Å². The molecule has 0 radical (unpaired) electrons. The van der Waals surface area contributed by atoms with Gasteiger partial charge in [-0.3, -0.25) is 4.79 Å². The summed E-state index contributed by atoms with van der Waals surface area (Å²) in [6, 6.07) is 13.9. The van der Waals surface area contributed by atoms with Crippen molar-refractivity contribution in [3.63, 3.8) is 0 Å². The lowest BCUT2D eigenvalue weighted by Gasteiger charge is -2.17. The molecule has 0 saturated carbocycles. The topological polar surface area (TPSA) is 47.6 Å². The van der Waals surface area contributed by atoms with Crippen LogP contribution in [0.25, 0.3) is 0 Å². The molecule has 0 aromatic heterocycles. The smallest absolute Gasteiger partial charge is 0.260 e. The van der Waals surface area contributed by atoms with Crippen LogP contribution < -0.4 is 14.8 Å². The molecule has 0 aliphatic carbocycles. The zero-order chi connectivity index (χ0) is 18.2. The van der Waals surface area contributed by atoms with Gasteiger partial charge >= 0.3 is 0 Å². The summed E-state index contributed by atoms with van der Waals surface area (Å²) in [5, 5.41) is 2.86. The first-order chi connectivity index (χ1) is 12.0. The van der Waals surface area contributed by atoms with Gasteiger partial charge in [0.1, 0.15) is 18.1 Å². The second kappa shape index (κ2) is 9.11. The van der Waals surface area contributed by atoms with E-state index in [0.717, 1.165) is 34.6 Å². The third kappa shape index (κ3) is 5.52. The Hall–Kier alpha value is -2.49. The van der Waals surface area contributed by atoms with E-state index in [1.807, 2.05) is 50.2 Å². The summed E-state index contributed by atoms with van der Waals surface area (Å²) in [4.78, 5) is 12.2. The lowest BCUT2D eigenvalue weighted by Crippen LogP contribution is -2.38. The number of carbonyl (C=O) groups excluding carboxylic acids is 1. The molecule has 0 saturated heterocycles. The van der Waals surface area contributed by atoms with Crippen LogP contribution in [0.1, 0.15) is 30.5 Å². The molecule has 1 N–H and O–H groups in total. The van der Waals surface area contributed by atoms with Crippen LogP contribution >= 0.6 is 0 Å². The van der Waals surface area contributed by atoms with Crippen molar-refractivity contribution in [1.29, 1.82) is 0 Å². The normalized spacial score (nSPS) is 11.7. The lowest BCUT2D eigenvalue weighted by atomic mass is 10.1. The van der Waals surface area contributed by atoms with Crippen molar-refractivity contribution in [3.05, 3.63) is 59.2 Å². The molecule has 0 aliphatic heterocycles. The highest BCUT2D eigenvalue weighted by molar-refractivity contribution is 5.80. The number of nitrogens with one attached hydrogen (secondary N) is 1. The number of hydrogen-bond donors (Lipinski definition) is 1. The van der Waals surface area contributed by atoms with E-state index in [-0.39, 0.29) is 5.91 Å². The van der Waals surface area contributed by atoms with E-state index in [9.17, 15) is 4.79 Å². The Morgan fingerprint density at radius 3 is 2.64 bits per heavy atom. The molecule has 2 aromatic carbocycles. The molecule has 4 heteroatoms. The van der Waals surface area contributed by atoms with E-state index in [0.29, 0.717) is 13.2 Å². The quantitative estimate of drug-likeness (QED) is 0.742. The van der Waals surface area contributed by atoms with Crippen molar-refractivity contribution in [3.8, 4) is 11.5 Å². The standard InChI is InChI=1S/C21H27NO3/c1-5-18-8-6-7-9-19(18)25-17(4)21(23)22-12-13-24-20-14-15(2)10-11-16(20)3/h6-11,14,17H,5,12-13H2,1-4H3,(H,22,23)/t17-/m0/s1. The Bertz CT molecular complexity index is 712. The van der Waals surface area contributed by atoms with E-state index in [4.69, 9.17) is 9.47 Å². The molecule has 0 spiro atoms. The van der Waals surface area contributed by atoms with Crippen LogP contribution in [0, 0.1) is 13.8 Å². The summed E-state index contributed by atoms with van der Waals surface area (Å²) < 4.78 is 11.5. The van der Waals surface area contributed by atoms with Gasteiger partial charge in [0, 0.05) is 0 Å². The zero-order valence-electron chi connectivity index (χ0n) is 15.5. The summed E-state index contributed by atoms with van der Waals surface area (Å²) in [6.45, 7) is 8.73. The van der Waals surface area contributed by atoms with Crippen molar-refractivity contribution in [2.45, 2.75) is 40.2 Å². The number of carbonyl (C=O) groups is 1. The molecule has 1 atom stereocenters. The summed E-state index contributed by atoms with van der Waals surface area (Å²) in [5.41, 5.74) is 3.34. The van der Waals surface area contributed by atoms with Gasteiger partial charge in [0.05, 0.1) is 6.54 Å². The van der Waals surface area contributed by atoms with Gasteiger partial charge in [-0.05, 0) is 56.0 Å². The number of benzene rings is 2. The molecule has 4 nitrogen and oxygen atoms in total. The highest BCUT2D eigenvalue weighted by Gasteiger charge is 2.15. The predicted octanol–water partition coefficient (Wildman–Crippen LogP) is 3.83. The molecule has 134 valence electrons. The molecule has 25 heavy (non-hydrogen) atoms. The highest BCUT2D eigenvalue weighted by atomic mass is 16.5. The van der Waals surface area contributed by atoms with Crippen molar-refractivity contribution in [1.82, 2.24) is 5.32 Å². The van der Waals surface area contributed by atoms with E-state index in [2.05, 4.69) is 18.3 Å². The third-order valence-electron chi connectivity index (χ3n) is 4.03. The van der Waals surface area contributed by atoms with Gasteiger partial charge in [-0.15, -0.1) is 0 Å². The fourth-order valence-corrected chi connectivity index (χ4v) is 2.50. The van der Waals surface area contributed by atoms with Crippen molar-refractivity contribution in [2.24, 2.45) is 0 Å². The summed E-state index contributed by atoms with van der Waals surface area (Å²) in [5.74, 6) is 1.48. The van der Waals surface area contributed by atoms with E-state index in [1.54, 1.807) is 6.92 Å². The van der Waals surface area contributed by atoms with Gasteiger partial charge in [-0.2, -0.15) is 0 Å².